The van der Waals surface area contributed by atoms with Crippen LogP contribution in [0.3, 0.4) is 0 Å². The molecular weight excluding hydrogens is 308 g/mol. The van der Waals surface area contributed by atoms with Crippen LogP contribution in [0.25, 0.3) is 0 Å². The minimum absolute atomic E-state index is 0.253. The molecule has 0 fully saturated rings. The molecule has 0 aromatic rings. The number of hydrazine groups is 1. The number of nitrogens with two attached hydrogens (primary N) is 2. The number of hydrogen-bond acceptors (Lipinski definition) is 4. The van der Waals surface area contributed by atoms with Crippen LogP contribution in [-0.4, -0.2) is 24.6 Å². The molecule has 0 aliphatic rings. The van der Waals surface area contributed by atoms with Gasteiger partial charge in [-0.25, -0.2) is 5.84 Å². The summed E-state index contributed by atoms with van der Waals surface area (Å²) in [5.74, 6) is 7.16. The molecule has 0 spiro atoms. The van der Waals surface area contributed by atoms with E-state index in [1.807, 2.05) is 25.2 Å². The minimum atomic E-state index is 0.253. The molecule has 0 saturated carbocycles. The second kappa shape index (κ2) is 11.9. The van der Waals surface area contributed by atoms with E-state index < -0.39 is 0 Å². The van der Waals surface area contributed by atoms with Crippen LogP contribution in [0.4, 0.5) is 0 Å². The molecule has 0 bridgehead atoms. The highest BCUT2D eigenvalue weighted by Gasteiger charge is 2.14. The van der Waals surface area contributed by atoms with Crippen LogP contribution in [0.5, 0.6) is 0 Å². The molecule has 0 aromatic heterocycles. The monoisotopic (exact) mass is 348 g/mol. The van der Waals surface area contributed by atoms with Crippen LogP contribution in [0.1, 0.15) is 48.0 Å². The summed E-state index contributed by atoms with van der Waals surface area (Å²) in [5.41, 5.74) is 8.04. The Kier molecular flexibility index (Phi) is 11.2. The van der Waals surface area contributed by atoms with Gasteiger partial charge in [-0.3, -0.25) is 0 Å². The van der Waals surface area contributed by atoms with Crippen LogP contribution in [0, 0.1) is 17.3 Å². The maximum Gasteiger partial charge on any atom is 0.0701 e. The summed E-state index contributed by atoms with van der Waals surface area (Å²) < 4.78 is 0. The van der Waals surface area contributed by atoms with Gasteiger partial charge in [-0.2, -0.15) is 0 Å². The third-order valence-electron chi connectivity index (χ3n) is 4.35. The highest BCUT2D eigenvalue weighted by atomic mass is 15.4. The summed E-state index contributed by atoms with van der Waals surface area (Å²) in [4.78, 5) is 0. The smallest absolute Gasteiger partial charge is 0.0701 e. The third-order valence-corrected chi connectivity index (χ3v) is 4.35. The van der Waals surface area contributed by atoms with E-state index in [-0.39, 0.29) is 5.41 Å². The standard InChI is InChI=1S/C21H40N4/c1-8-17(3)18(4)11-10-14-24-15-12-19(22)20(9-2)25(23)16-13-21(5,6)7/h8-12,17-18,24H,1,13-16,22-23H2,2-7H3/b11-10+,19-12+,20-9+. The first-order valence-corrected chi connectivity index (χ1v) is 9.26. The summed E-state index contributed by atoms with van der Waals surface area (Å²) in [7, 11) is 0. The second-order valence-electron chi connectivity index (χ2n) is 7.88. The van der Waals surface area contributed by atoms with E-state index >= 15 is 0 Å². The summed E-state index contributed by atoms with van der Waals surface area (Å²) in [6.07, 6.45) is 11.3. The summed E-state index contributed by atoms with van der Waals surface area (Å²) in [5, 5.41) is 5.09. The SMILES string of the molecule is C=CC(C)C(C)/C=C/CNC/C=C(N)\C(=C/C)N(N)CCC(C)(C)C. The average Bonchev–Trinajstić information content (AvgIpc) is 2.55. The molecule has 0 aliphatic carbocycles. The van der Waals surface area contributed by atoms with Gasteiger partial charge in [0.05, 0.1) is 11.4 Å². The van der Waals surface area contributed by atoms with E-state index in [2.05, 4.69) is 58.7 Å². The molecule has 0 aliphatic heterocycles. The maximum absolute atomic E-state index is 6.19. The molecule has 0 rings (SSSR count). The first-order valence-electron chi connectivity index (χ1n) is 9.26. The Labute approximate surface area is 155 Å². The Balaban J connectivity index is 4.36. The van der Waals surface area contributed by atoms with Gasteiger partial charge in [0.2, 0.25) is 0 Å². The molecule has 4 nitrogen and oxygen atoms in total. The third kappa shape index (κ3) is 10.8. The lowest BCUT2D eigenvalue weighted by Gasteiger charge is -2.26. The molecule has 0 heterocycles. The van der Waals surface area contributed by atoms with Gasteiger partial charge in [-0.05, 0) is 36.7 Å². The van der Waals surface area contributed by atoms with E-state index in [0.717, 1.165) is 25.2 Å². The first-order chi connectivity index (χ1) is 11.6. The van der Waals surface area contributed by atoms with Gasteiger partial charge >= 0.3 is 0 Å². The molecule has 2 unspecified atom stereocenters. The van der Waals surface area contributed by atoms with Crippen LogP contribution in [0.2, 0.25) is 0 Å². The van der Waals surface area contributed by atoms with Gasteiger partial charge in [0.25, 0.3) is 0 Å². The Morgan fingerprint density at radius 2 is 1.84 bits per heavy atom. The zero-order chi connectivity index (χ0) is 19.5. The van der Waals surface area contributed by atoms with E-state index in [9.17, 15) is 0 Å². The molecule has 144 valence electrons. The molecule has 2 atom stereocenters. The van der Waals surface area contributed by atoms with Gasteiger partial charge in [-0.15, -0.1) is 6.58 Å². The predicted molar refractivity (Wildman–Crippen MR) is 112 cm³/mol. The Morgan fingerprint density at radius 3 is 2.36 bits per heavy atom. The van der Waals surface area contributed by atoms with Gasteiger partial charge < -0.3 is 16.1 Å². The van der Waals surface area contributed by atoms with Crippen molar-refractivity contribution in [3.63, 3.8) is 0 Å². The van der Waals surface area contributed by atoms with Crippen molar-refractivity contribution in [3.8, 4) is 0 Å². The minimum Gasteiger partial charge on any atom is -0.397 e. The molecule has 25 heavy (non-hydrogen) atoms. The zero-order valence-electron chi connectivity index (χ0n) is 17.2. The lowest BCUT2D eigenvalue weighted by atomic mass is 9.92. The van der Waals surface area contributed by atoms with Crippen molar-refractivity contribution in [2.75, 3.05) is 19.6 Å². The summed E-state index contributed by atoms with van der Waals surface area (Å²) >= 11 is 0. The van der Waals surface area contributed by atoms with Crippen LogP contribution in [-0.2, 0) is 0 Å². The first kappa shape index (κ1) is 23.5. The van der Waals surface area contributed by atoms with Crippen molar-refractivity contribution in [1.29, 1.82) is 0 Å². The fourth-order valence-corrected chi connectivity index (χ4v) is 2.20. The summed E-state index contributed by atoms with van der Waals surface area (Å²) in [6, 6.07) is 0. The van der Waals surface area contributed by atoms with Crippen LogP contribution in [0.15, 0.2) is 48.4 Å². The van der Waals surface area contributed by atoms with Gasteiger partial charge in [0, 0.05) is 19.6 Å². The lowest BCUT2D eigenvalue weighted by Crippen LogP contribution is -2.35. The fraction of sp³-hybridized carbons (Fsp3) is 0.619. The van der Waals surface area contributed by atoms with Crippen LogP contribution < -0.4 is 16.9 Å². The van der Waals surface area contributed by atoms with Gasteiger partial charge in [0.15, 0.2) is 0 Å². The lowest BCUT2D eigenvalue weighted by molar-refractivity contribution is 0.278. The molecule has 0 amide bonds. The highest BCUT2D eigenvalue weighted by molar-refractivity contribution is 5.26. The largest absolute Gasteiger partial charge is 0.397 e. The number of nitrogens with zero attached hydrogens (tertiary/aromatic N) is 1. The molecule has 5 N–H and O–H groups in total. The molecule has 0 radical (unpaired) electrons. The van der Waals surface area contributed by atoms with E-state index in [1.54, 1.807) is 5.01 Å². The van der Waals surface area contributed by atoms with E-state index in [4.69, 9.17) is 11.6 Å². The topological polar surface area (TPSA) is 67.3 Å². The van der Waals surface area contributed by atoms with Crippen molar-refractivity contribution in [2.24, 2.45) is 28.8 Å². The number of nitrogens with one attached hydrogen (secondary N) is 1. The Morgan fingerprint density at radius 1 is 1.20 bits per heavy atom. The average molecular weight is 349 g/mol. The quantitative estimate of drug-likeness (QED) is 0.174. The van der Waals surface area contributed by atoms with Crippen molar-refractivity contribution in [2.45, 2.75) is 48.0 Å². The second-order valence-corrected chi connectivity index (χ2v) is 7.88. The van der Waals surface area contributed by atoms with Crippen molar-refractivity contribution < 1.29 is 0 Å². The maximum atomic E-state index is 6.19. The number of allylic oxidation sites excluding steroid dienone is 3. The van der Waals surface area contributed by atoms with E-state index in [0.29, 0.717) is 24.1 Å². The molecule has 0 saturated heterocycles. The molecule has 0 aromatic carbocycles. The molecule has 4 heteroatoms. The van der Waals surface area contributed by atoms with E-state index in [1.165, 1.54) is 0 Å². The van der Waals surface area contributed by atoms with Crippen molar-refractivity contribution in [1.82, 2.24) is 10.3 Å². The van der Waals surface area contributed by atoms with Crippen LogP contribution >= 0.6 is 0 Å². The predicted octanol–water partition coefficient (Wildman–Crippen LogP) is 3.95. The number of rotatable bonds is 11. The summed E-state index contributed by atoms with van der Waals surface area (Å²) in [6.45, 7) is 19.1. The fourth-order valence-electron chi connectivity index (χ4n) is 2.20. The molecular formula is C21H40N4. The van der Waals surface area contributed by atoms with Gasteiger partial charge in [-0.1, -0.05) is 58.9 Å². The number of hydrogen-bond donors (Lipinski definition) is 3. The van der Waals surface area contributed by atoms with Crippen molar-refractivity contribution >= 4 is 0 Å². The Bertz CT molecular complexity index is 469. The normalized spacial score (nSPS) is 16.1. The van der Waals surface area contributed by atoms with Crippen molar-refractivity contribution in [3.05, 3.63) is 48.4 Å². The highest BCUT2D eigenvalue weighted by Crippen LogP contribution is 2.19. The Hall–Kier alpha value is -1.52. The van der Waals surface area contributed by atoms with Gasteiger partial charge in [0.1, 0.15) is 0 Å². The zero-order valence-corrected chi connectivity index (χ0v) is 17.2.